The van der Waals surface area contributed by atoms with Crippen LogP contribution in [0.2, 0.25) is 0 Å². The van der Waals surface area contributed by atoms with Gasteiger partial charge in [-0.05, 0) is 12.8 Å². The van der Waals surface area contributed by atoms with Gasteiger partial charge in [-0.1, -0.05) is 39.8 Å². The van der Waals surface area contributed by atoms with Crippen molar-refractivity contribution in [1.29, 1.82) is 0 Å². The molecule has 1 rings (SSSR count). The molecule has 2 atom stereocenters. The Morgan fingerprint density at radius 3 is 2.12 bits per heavy atom. The van der Waals surface area contributed by atoms with Gasteiger partial charge in [0.05, 0.1) is 0 Å². The molecule has 0 amide bonds. The molecule has 0 saturated carbocycles. The van der Waals surface area contributed by atoms with Crippen molar-refractivity contribution in [3.8, 4) is 0 Å². The highest BCUT2D eigenvalue weighted by atomic mass is 16.1. The number of allylic oxidation sites excluding steroid dienone is 2. The van der Waals surface area contributed by atoms with E-state index in [0.29, 0.717) is 12.2 Å². The Balaban J connectivity index is 2.67. The molecule has 0 bridgehead atoms. The summed E-state index contributed by atoms with van der Waals surface area (Å²) in [7, 11) is 0. The maximum absolute atomic E-state index is 11.9. The van der Waals surface area contributed by atoms with Gasteiger partial charge in [0, 0.05) is 23.7 Å². The standard InChI is InChI=1S/C14H22O2/c1-9(2)13(15)11-6-5-7-12(8-11)14(16)10(3)4/h5-6,9-12H,7-8H2,1-4H3/t11-,12+/m1/s1. The zero-order chi connectivity index (χ0) is 12.3. The SMILES string of the molecule is CC(C)C(=O)[C@H]1CC=C[C@@H](C(=O)C(C)C)C1. The van der Waals surface area contributed by atoms with Gasteiger partial charge < -0.3 is 0 Å². The molecule has 0 N–H and O–H groups in total. The zero-order valence-corrected chi connectivity index (χ0v) is 10.7. The molecule has 2 nitrogen and oxygen atoms in total. The van der Waals surface area contributed by atoms with E-state index in [1.807, 2.05) is 39.8 Å². The molecule has 1 aliphatic rings. The van der Waals surface area contributed by atoms with Crippen molar-refractivity contribution in [2.24, 2.45) is 23.7 Å². The predicted molar refractivity (Wildman–Crippen MR) is 65.0 cm³/mol. The second kappa shape index (κ2) is 5.42. The van der Waals surface area contributed by atoms with Crippen molar-refractivity contribution >= 4 is 11.6 Å². The molecule has 0 heterocycles. The number of carbonyl (C=O) groups is 2. The molecular formula is C14H22O2. The molecule has 0 aromatic rings. The molecule has 0 spiro atoms. The fourth-order valence-electron chi connectivity index (χ4n) is 2.23. The topological polar surface area (TPSA) is 34.1 Å². The summed E-state index contributed by atoms with van der Waals surface area (Å²) in [6, 6.07) is 0. The van der Waals surface area contributed by atoms with Crippen LogP contribution in [0.25, 0.3) is 0 Å². The van der Waals surface area contributed by atoms with Gasteiger partial charge >= 0.3 is 0 Å². The average molecular weight is 222 g/mol. The van der Waals surface area contributed by atoms with Crippen LogP contribution in [0.4, 0.5) is 0 Å². The minimum atomic E-state index is -0.0403. The largest absolute Gasteiger partial charge is 0.299 e. The third-order valence-corrected chi connectivity index (χ3v) is 3.23. The van der Waals surface area contributed by atoms with Gasteiger partial charge in [-0.25, -0.2) is 0 Å². The summed E-state index contributed by atoms with van der Waals surface area (Å²) in [6.07, 6.45) is 5.50. The molecule has 2 heteroatoms. The lowest BCUT2D eigenvalue weighted by atomic mass is 9.78. The van der Waals surface area contributed by atoms with E-state index in [1.165, 1.54) is 0 Å². The van der Waals surface area contributed by atoms with Crippen LogP contribution in [0.1, 0.15) is 40.5 Å². The Morgan fingerprint density at radius 2 is 1.62 bits per heavy atom. The lowest BCUT2D eigenvalue weighted by molar-refractivity contribution is -0.128. The first-order valence-corrected chi connectivity index (χ1v) is 6.17. The van der Waals surface area contributed by atoms with E-state index >= 15 is 0 Å². The summed E-state index contributed by atoms with van der Waals surface area (Å²) < 4.78 is 0. The number of hydrogen-bond acceptors (Lipinski definition) is 2. The van der Waals surface area contributed by atoms with Crippen LogP contribution in [0.3, 0.4) is 0 Å². The van der Waals surface area contributed by atoms with Crippen molar-refractivity contribution < 1.29 is 9.59 Å². The number of carbonyl (C=O) groups excluding carboxylic acids is 2. The molecule has 90 valence electrons. The summed E-state index contributed by atoms with van der Waals surface area (Å²) in [6.45, 7) is 7.70. The molecule has 0 aromatic carbocycles. The van der Waals surface area contributed by atoms with Crippen LogP contribution < -0.4 is 0 Å². The van der Waals surface area contributed by atoms with Crippen LogP contribution in [-0.2, 0) is 9.59 Å². The molecule has 0 unspecified atom stereocenters. The van der Waals surface area contributed by atoms with Crippen molar-refractivity contribution in [2.45, 2.75) is 40.5 Å². The Bertz CT molecular complexity index is 300. The van der Waals surface area contributed by atoms with Crippen LogP contribution >= 0.6 is 0 Å². The van der Waals surface area contributed by atoms with E-state index in [0.717, 1.165) is 6.42 Å². The molecule has 1 aliphatic carbocycles. The number of rotatable bonds is 4. The van der Waals surface area contributed by atoms with E-state index in [-0.39, 0.29) is 29.5 Å². The van der Waals surface area contributed by atoms with Crippen molar-refractivity contribution in [1.82, 2.24) is 0 Å². The van der Waals surface area contributed by atoms with E-state index in [4.69, 9.17) is 0 Å². The van der Waals surface area contributed by atoms with Gasteiger partial charge in [0.15, 0.2) is 0 Å². The highest BCUT2D eigenvalue weighted by Gasteiger charge is 2.29. The normalized spacial score (nSPS) is 25.1. The van der Waals surface area contributed by atoms with Gasteiger partial charge in [0.25, 0.3) is 0 Å². The second-order valence-corrected chi connectivity index (χ2v) is 5.32. The van der Waals surface area contributed by atoms with Crippen LogP contribution in [0.5, 0.6) is 0 Å². The quantitative estimate of drug-likeness (QED) is 0.685. The van der Waals surface area contributed by atoms with Gasteiger partial charge in [-0.2, -0.15) is 0 Å². The summed E-state index contributed by atoms with van der Waals surface area (Å²) in [4.78, 5) is 23.8. The smallest absolute Gasteiger partial charge is 0.142 e. The molecule has 0 fully saturated rings. The molecular weight excluding hydrogens is 200 g/mol. The number of Topliss-reactive ketones (excluding diaryl/α,β-unsaturated/α-hetero) is 2. The van der Waals surface area contributed by atoms with Gasteiger partial charge in [-0.3, -0.25) is 9.59 Å². The van der Waals surface area contributed by atoms with E-state index in [1.54, 1.807) is 0 Å². The van der Waals surface area contributed by atoms with Gasteiger partial charge in [0.1, 0.15) is 11.6 Å². The predicted octanol–water partition coefficient (Wildman–Crippen LogP) is 3.02. The van der Waals surface area contributed by atoms with Crippen molar-refractivity contribution in [3.63, 3.8) is 0 Å². The lowest BCUT2D eigenvalue weighted by Crippen LogP contribution is -2.28. The average Bonchev–Trinajstić information content (AvgIpc) is 2.26. The maximum Gasteiger partial charge on any atom is 0.142 e. The summed E-state index contributed by atoms with van der Waals surface area (Å²) in [5.41, 5.74) is 0. The Morgan fingerprint density at radius 1 is 1.06 bits per heavy atom. The van der Waals surface area contributed by atoms with Crippen molar-refractivity contribution in [3.05, 3.63) is 12.2 Å². The first-order chi connectivity index (χ1) is 7.43. The Kier molecular flexibility index (Phi) is 4.45. The minimum absolute atomic E-state index is 0.0403. The van der Waals surface area contributed by atoms with E-state index in [9.17, 15) is 9.59 Å². The fourth-order valence-corrected chi connectivity index (χ4v) is 2.23. The van der Waals surface area contributed by atoms with Gasteiger partial charge in [0.2, 0.25) is 0 Å². The summed E-state index contributed by atoms with van der Waals surface area (Å²) in [5.74, 6) is 0.705. The molecule has 0 saturated heterocycles. The fraction of sp³-hybridized carbons (Fsp3) is 0.714. The number of hydrogen-bond donors (Lipinski definition) is 0. The maximum atomic E-state index is 11.9. The van der Waals surface area contributed by atoms with Crippen LogP contribution in [0.15, 0.2) is 12.2 Å². The Labute approximate surface area is 98.1 Å². The summed E-state index contributed by atoms with van der Waals surface area (Å²) >= 11 is 0. The van der Waals surface area contributed by atoms with Crippen molar-refractivity contribution in [2.75, 3.05) is 0 Å². The van der Waals surface area contributed by atoms with E-state index < -0.39 is 0 Å². The van der Waals surface area contributed by atoms with Crippen LogP contribution in [-0.4, -0.2) is 11.6 Å². The molecule has 0 aliphatic heterocycles. The monoisotopic (exact) mass is 222 g/mol. The summed E-state index contributed by atoms with van der Waals surface area (Å²) in [5, 5.41) is 0. The highest BCUT2D eigenvalue weighted by Crippen LogP contribution is 2.28. The molecule has 16 heavy (non-hydrogen) atoms. The molecule has 0 aromatic heterocycles. The second-order valence-electron chi connectivity index (χ2n) is 5.32. The Hall–Kier alpha value is -0.920. The van der Waals surface area contributed by atoms with Gasteiger partial charge in [-0.15, -0.1) is 0 Å². The third kappa shape index (κ3) is 3.03. The zero-order valence-electron chi connectivity index (χ0n) is 10.7. The number of ketones is 2. The lowest BCUT2D eigenvalue weighted by Gasteiger charge is -2.25. The third-order valence-electron chi connectivity index (χ3n) is 3.23. The van der Waals surface area contributed by atoms with Crippen LogP contribution in [0, 0.1) is 23.7 Å². The first kappa shape index (κ1) is 13.1. The highest BCUT2D eigenvalue weighted by molar-refractivity contribution is 5.87. The van der Waals surface area contributed by atoms with E-state index in [2.05, 4.69) is 0 Å². The first-order valence-electron chi connectivity index (χ1n) is 6.17. The minimum Gasteiger partial charge on any atom is -0.299 e. The molecule has 0 radical (unpaired) electrons.